The third kappa shape index (κ3) is 10.5. The second-order valence-electron chi connectivity index (χ2n) is 20.5. The van der Waals surface area contributed by atoms with Gasteiger partial charge in [0.1, 0.15) is 5.82 Å². The van der Waals surface area contributed by atoms with Crippen LogP contribution < -0.4 is 20.4 Å². The van der Waals surface area contributed by atoms with Crippen LogP contribution >= 0.6 is 11.3 Å². The van der Waals surface area contributed by atoms with Crippen molar-refractivity contribution in [1.82, 2.24) is 30.0 Å². The van der Waals surface area contributed by atoms with Gasteiger partial charge >= 0.3 is 0 Å². The molecule has 11 rings (SSSR count). The van der Waals surface area contributed by atoms with Crippen LogP contribution in [0.15, 0.2) is 141 Å². The number of pyridine rings is 1. The summed E-state index contributed by atoms with van der Waals surface area (Å²) < 4.78 is 3.20. The normalized spacial score (nSPS) is 17.3. The highest BCUT2D eigenvalue weighted by atomic mass is 32.1. The summed E-state index contributed by atoms with van der Waals surface area (Å²) >= 11 is 1.65. The van der Waals surface area contributed by atoms with E-state index in [1.807, 2.05) is 29.0 Å². The summed E-state index contributed by atoms with van der Waals surface area (Å²) in [6, 6.07) is 32.4. The van der Waals surface area contributed by atoms with Crippen LogP contribution in [0.2, 0.25) is 0 Å². The molecule has 370 valence electrons. The molecule has 6 heterocycles. The summed E-state index contributed by atoms with van der Waals surface area (Å²) in [4.78, 5) is 17.2. The monoisotopic (exact) mass is 974 g/mol. The zero-order valence-corrected chi connectivity index (χ0v) is 43.6. The molecular formula is C62H71N9S. The predicted molar refractivity (Wildman–Crippen MR) is 306 cm³/mol. The van der Waals surface area contributed by atoms with Crippen molar-refractivity contribution in [3.8, 4) is 11.1 Å². The SMILES string of the molecule is C=C1CCC(c2nn(C)c3cc(N4CCN(C(=C)CCC5CCCCC5)CC4)ccc23)C(=C)N1.C=Cc1nc(N2CCc3cccc(C(=C)Nc4nc5ccccc5s4)c3C2)ccc1-c1ccc(C)cc1C. The molecule has 1 aliphatic carbocycles. The lowest BCUT2D eigenvalue weighted by Crippen LogP contribution is -2.45. The Morgan fingerprint density at radius 2 is 1.62 bits per heavy atom. The number of aryl methyl sites for hydroxylation is 3. The van der Waals surface area contributed by atoms with Gasteiger partial charge in [-0.25, -0.2) is 9.97 Å². The summed E-state index contributed by atoms with van der Waals surface area (Å²) in [7, 11) is 2.06. The topological polar surface area (TPSA) is 77.4 Å². The zero-order chi connectivity index (χ0) is 49.9. The molecule has 0 radical (unpaired) electrons. The van der Waals surface area contributed by atoms with E-state index in [4.69, 9.17) is 15.1 Å². The Morgan fingerprint density at radius 1 is 0.819 bits per heavy atom. The minimum absolute atomic E-state index is 0.239. The third-order valence-electron chi connectivity index (χ3n) is 15.6. The van der Waals surface area contributed by atoms with Crippen molar-refractivity contribution in [1.29, 1.82) is 0 Å². The van der Waals surface area contributed by atoms with E-state index < -0.39 is 0 Å². The third-order valence-corrected chi connectivity index (χ3v) is 16.5. The van der Waals surface area contributed by atoms with Gasteiger partial charge in [-0.15, -0.1) is 0 Å². The lowest BCUT2D eigenvalue weighted by Gasteiger charge is -2.38. The Kier molecular flexibility index (Phi) is 14.5. The van der Waals surface area contributed by atoms with Crippen LogP contribution in [0.25, 0.3) is 44.0 Å². The van der Waals surface area contributed by atoms with Gasteiger partial charge < -0.3 is 25.3 Å². The van der Waals surface area contributed by atoms with Gasteiger partial charge in [0.25, 0.3) is 0 Å². The first-order valence-electron chi connectivity index (χ1n) is 26.2. The molecule has 9 nitrogen and oxygen atoms in total. The molecule has 0 amide bonds. The number of piperidine rings is 1. The number of para-hydroxylation sites is 1. The summed E-state index contributed by atoms with van der Waals surface area (Å²) in [5.74, 6) is 2.14. The van der Waals surface area contributed by atoms with Crippen molar-refractivity contribution in [2.75, 3.05) is 47.8 Å². The number of benzene rings is 4. The molecule has 7 aromatic rings. The number of allylic oxidation sites excluding steroid dienone is 3. The number of nitrogens with zero attached hydrogens (tertiary/aromatic N) is 7. The number of nitrogens with one attached hydrogen (secondary N) is 2. The second-order valence-corrected chi connectivity index (χ2v) is 21.5. The van der Waals surface area contributed by atoms with Gasteiger partial charge in [-0.05, 0) is 123 Å². The van der Waals surface area contributed by atoms with Crippen molar-refractivity contribution in [3.05, 3.63) is 180 Å². The first kappa shape index (κ1) is 48.7. The van der Waals surface area contributed by atoms with Gasteiger partial charge in [0, 0.05) is 97.2 Å². The number of hydrogen-bond donors (Lipinski definition) is 2. The maximum atomic E-state index is 5.06. The average Bonchev–Trinajstić information content (AvgIpc) is 3.97. The Balaban J connectivity index is 0.000000167. The molecule has 1 unspecified atom stereocenters. The highest BCUT2D eigenvalue weighted by Gasteiger charge is 2.27. The summed E-state index contributed by atoms with van der Waals surface area (Å²) in [5.41, 5.74) is 18.4. The Hall–Kier alpha value is -6.91. The van der Waals surface area contributed by atoms with Crippen molar-refractivity contribution >= 4 is 60.9 Å². The van der Waals surface area contributed by atoms with Gasteiger partial charge in [-0.2, -0.15) is 5.10 Å². The number of fused-ring (bicyclic) bond motifs is 3. The Labute approximate surface area is 431 Å². The molecule has 4 aromatic carbocycles. The number of piperazine rings is 1. The van der Waals surface area contributed by atoms with E-state index in [0.29, 0.717) is 0 Å². The van der Waals surface area contributed by atoms with Crippen molar-refractivity contribution in [2.45, 2.75) is 90.5 Å². The highest BCUT2D eigenvalue weighted by Crippen LogP contribution is 2.38. The van der Waals surface area contributed by atoms with Crippen LogP contribution in [0, 0.1) is 19.8 Å². The van der Waals surface area contributed by atoms with Gasteiger partial charge in [0.15, 0.2) is 5.13 Å². The largest absolute Gasteiger partial charge is 0.372 e. The smallest absolute Gasteiger partial charge is 0.188 e. The maximum absolute atomic E-state index is 5.06. The molecule has 0 spiro atoms. The van der Waals surface area contributed by atoms with E-state index >= 15 is 0 Å². The van der Waals surface area contributed by atoms with Gasteiger partial charge in [-0.1, -0.05) is 130 Å². The molecule has 72 heavy (non-hydrogen) atoms. The van der Waals surface area contributed by atoms with Crippen molar-refractivity contribution < 1.29 is 0 Å². The summed E-state index contributed by atoms with van der Waals surface area (Å²) in [5, 5.41) is 13.8. The first-order chi connectivity index (χ1) is 35.0. The standard InChI is InChI=1S/C33H30N4S.C29H41N5/c1-5-29-27(25-14-13-21(2)19-22(25)3)15-16-32(35-29)37-18-17-24-9-8-10-26(28(24)20-37)23(4)34-33-36-30-11-6-7-12-31(30)38-33;1-21-10-14-26(23(3)30-21)29-27-15-13-25(20-28(27)32(4)31-29)34-18-16-33(17-19-34)22(2)11-12-24-8-6-5-7-9-24/h5-16,19H,1,4,17-18,20H2,2-3H3,(H,34,36);13,15,20,24,26,30H,1-3,5-12,14,16-19H2,4H3. The first-order valence-corrected chi connectivity index (χ1v) is 27.0. The van der Waals surface area contributed by atoms with E-state index in [0.717, 1.165) is 125 Å². The highest BCUT2D eigenvalue weighted by molar-refractivity contribution is 7.22. The van der Waals surface area contributed by atoms with Crippen LogP contribution in [0.4, 0.5) is 16.6 Å². The van der Waals surface area contributed by atoms with Crippen LogP contribution in [-0.2, 0) is 20.0 Å². The predicted octanol–water partition coefficient (Wildman–Crippen LogP) is 14.3. The van der Waals surface area contributed by atoms with Crippen LogP contribution in [0.1, 0.15) is 103 Å². The molecule has 2 N–H and O–H groups in total. The van der Waals surface area contributed by atoms with Crippen molar-refractivity contribution in [2.24, 2.45) is 13.0 Å². The van der Waals surface area contributed by atoms with Crippen LogP contribution in [0.3, 0.4) is 0 Å². The lowest BCUT2D eigenvalue weighted by atomic mass is 9.86. The number of anilines is 3. The molecule has 1 atom stereocenters. The maximum Gasteiger partial charge on any atom is 0.188 e. The van der Waals surface area contributed by atoms with Crippen molar-refractivity contribution in [3.63, 3.8) is 0 Å². The van der Waals surface area contributed by atoms with E-state index in [1.54, 1.807) is 11.3 Å². The van der Waals surface area contributed by atoms with Crippen LogP contribution in [-0.4, -0.2) is 57.4 Å². The minimum Gasteiger partial charge on any atom is -0.372 e. The van der Waals surface area contributed by atoms with E-state index in [9.17, 15) is 0 Å². The van der Waals surface area contributed by atoms with E-state index in [-0.39, 0.29) is 5.92 Å². The van der Waals surface area contributed by atoms with E-state index in [1.165, 1.54) is 95.1 Å². The fraction of sp³-hybridized carbons (Fsp3) is 0.339. The molecule has 10 heteroatoms. The zero-order valence-electron chi connectivity index (χ0n) is 42.8. The van der Waals surface area contributed by atoms with E-state index in [2.05, 4.69) is 152 Å². The second kappa shape index (κ2) is 21.4. The van der Waals surface area contributed by atoms with Crippen LogP contribution in [0.5, 0.6) is 0 Å². The van der Waals surface area contributed by atoms with Gasteiger partial charge in [0.2, 0.25) is 0 Å². The number of aromatic nitrogens is 4. The Bertz CT molecular complexity index is 3140. The Morgan fingerprint density at radius 3 is 2.40 bits per heavy atom. The average molecular weight is 974 g/mol. The molecule has 0 bridgehead atoms. The fourth-order valence-corrected chi connectivity index (χ4v) is 12.4. The lowest BCUT2D eigenvalue weighted by molar-refractivity contribution is 0.288. The molecule has 4 aliphatic rings. The molecular weight excluding hydrogens is 903 g/mol. The minimum atomic E-state index is 0.239. The van der Waals surface area contributed by atoms with Gasteiger partial charge in [-0.3, -0.25) is 4.68 Å². The fourth-order valence-electron chi connectivity index (χ4n) is 11.5. The summed E-state index contributed by atoms with van der Waals surface area (Å²) in [6.45, 7) is 31.4. The quantitative estimate of drug-likeness (QED) is 0.125. The molecule has 1 saturated carbocycles. The number of hydrogen-bond acceptors (Lipinski definition) is 9. The number of thiazole rings is 1. The van der Waals surface area contributed by atoms with Gasteiger partial charge in [0.05, 0.1) is 27.1 Å². The molecule has 3 aromatic heterocycles. The number of rotatable bonds is 12. The molecule has 3 aliphatic heterocycles. The molecule has 3 fully saturated rings. The summed E-state index contributed by atoms with van der Waals surface area (Å²) in [6.07, 6.45) is 14.5. The molecule has 2 saturated heterocycles.